The lowest BCUT2D eigenvalue weighted by molar-refractivity contribution is 0.187. The minimum Gasteiger partial charge on any atom is -0.381 e. The van der Waals surface area contributed by atoms with Crippen LogP contribution >= 0.6 is 11.6 Å². The van der Waals surface area contributed by atoms with Crippen molar-refractivity contribution in [1.29, 1.82) is 0 Å². The van der Waals surface area contributed by atoms with Gasteiger partial charge in [0.25, 0.3) is 0 Å². The number of pyridine rings is 1. The van der Waals surface area contributed by atoms with Crippen LogP contribution in [0.25, 0.3) is 22.0 Å². The zero-order valence-electron chi connectivity index (χ0n) is 13.1. The first-order valence-corrected chi connectivity index (χ1v) is 8.37. The summed E-state index contributed by atoms with van der Waals surface area (Å²) >= 11 is 5.98. The Morgan fingerprint density at radius 2 is 2.00 bits per heavy atom. The van der Waals surface area contributed by atoms with Gasteiger partial charge >= 0.3 is 0 Å². The van der Waals surface area contributed by atoms with E-state index >= 15 is 0 Å². The van der Waals surface area contributed by atoms with Crippen molar-refractivity contribution in [3.63, 3.8) is 0 Å². The van der Waals surface area contributed by atoms with Crippen molar-refractivity contribution < 1.29 is 4.74 Å². The monoisotopic (exact) mass is 340 g/mol. The molecule has 1 fully saturated rings. The third-order valence-corrected chi connectivity index (χ3v) is 4.53. The van der Waals surface area contributed by atoms with Gasteiger partial charge in [0.1, 0.15) is 5.69 Å². The molecule has 1 atom stereocenters. The van der Waals surface area contributed by atoms with E-state index < -0.39 is 0 Å². The van der Waals surface area contributed by atoms with Crippen molar-refractivity contribution >= 4 is 28.2 Å². The maximum absolute atomic E-state index is 5.98. The zero-order valence-corrected chi connectivity index (χ0v) is 13.8. The Bertz CT molecular complexity index is 847. The number of halogens is 1. The number of hydrogen-bond donors (Lipinski definition) is 1. The number of nitrogens with zero attached hydrogens (tertiary/aromatic N) is 3. The topological polar surface area (TPSA) is 59.9 Å². The molecule has 3 heterocycles. The molecule has 0 saturated carbocycles. The van der Waals surface area contributed by atoms with Gasteiger partial charge in [0.15, 0.2) is 5.82 Å². The highest BCUT2D eigenvalue weighted by atomic mass is 35.5. The Morgan fingerprint density at radius 3 is 2.79 bits per heavy atom. The zero-order chi connectivity index (χ0) is 16.4. The van der Waals surface area contributed by atoms with E-state index in [0.29, 0.717) is 10.9 Å². The second-order valence-corrected chi connectivity index (χ2v) is 6.37. The van der Waals surface area contributed by atoms with Crippen LogP contribution in [-0.2, 0) is 4.74 Å². The summed E-state index contributed by atoms with van der Waals surface area (Å²) in [6, 6.07) is 9.60. The molecule has 2 aromatic heterocycles. The van der Waals surface area contributed by atoms with E-state index in [0.717, 1.165) is 54.0 Å². The number of benzene rings is 1. The predicted molar refractivity (Wildman–Crippen MR) is 95.2 cm³/mol. The van der Waals surface area contributed by atoms with E-state index in [4.69, 9.17) is 16.3 Å². The standard InChI is InChI=1S/C18H17ClN4O/c19-14-3-1-13(2-4-14)17-15-5-7-20-10-16(15)18(23-22-17)21-9-12-6-8-24-11-12/h1-5,7,10,12H,6,8-9,11H2,(H,21,23). The minimum absolute atomic E-state index is 0.523. The normalized spacial score (nSPS) is 17.3. The first-order valence-electron chi connectivity index (χ1n) is 7.99. The Hall–Kier alpha value is -2.24. The van der Waals surface area contributed by atoms with Gasteiger partial charge < -0.3 is 10.1 Å². The molecule has 1 aliphatic rings. The molecule has 1 aliphatic heterocycles. The highest BCUT2D eigenvalue weighted by Crippen LogP contribution is 2.30. The van der Waals surface area contributed by atoms with Crippen molar-refractivity contribution in [3.05, 3.63) is 47.7 Å². The van der Waals surface area contributed by atoms with Crippen molar-refractivity contribution in [2.75, 3.05) is 25.1 Å². The van der Waals surface area contributed by atoms with E-state index in [1.54, 1.807) is 6.20 Å². The molecule has 24 heavy (non-hydrogen) atoms. The molecule has 4 rings (SSSR count). The highest BCUT2D eigenvalue weighted by molar-refractivity contribution is 6.30. The van der Waals surface area contributed by atoms with Crippen molar-refractivity contribution in [2.45, 2.75) is 6.42 Å². The summed E-state index contributed by atoms with van der Waals surface area (Å²) in [6.07, 6.45) is 4.69. The summed E-state index contributed by atoms with van der Waals surface area (Å²) in [5.74, 6) is 1.29. The molecular weight excluding hydrogens is 324 g/mol. The van der Waals surface area contributed by atoms with E-state index in [2.05, 4.69) is 20.5 Å². The third kappa shape index (κ3) is 3.05. The summed E-state index contributed by atoms with van der Waals surface area (Å²) in [6.45, 7) is 2.48. The number of nitrogens with one attached hydrogen (secondary N) is 1. The molecule has 0 spiro atoms. The lowest BCUT2D eigenvalue weighted by Crippen LogP contribution is -2.15. The lowest BCUT2D eigenvalue weighted by Gasteiger charge is -2.13. The second-order valence-electron chi connectivity index (χ2n) is 5.94. The van der Waals surface area contributed by atoms with Gasteiger partial charge in [-0.2, -0.15) is 0 Å². The van der Waals surface area contributed by atoms with Crippen molar-refractivity contribution in [1.82, 2.24) is 15.2 Å². The summed E-state index contributed by atoms with van der Waals surface area (Å²) in [5, 5.41) is 14.9. The van der Waals surface area contributed by atoms with Crippen LogP contribution in [0.5, 0.6) is 0 Å². The maximum atomic E-state index is 5.98. The molecule has 5 nitrogen and oxygen atoms in total. The average molecular weight is 341 g/mol. The van der Waals surface area contributed by atoms with Crippen LogP contribution in [-0.4, -0.2) is 34.9 Å². The van der Waals surface area contributed by atoms with Crippen molar-refractivity contribution in [3.8, 4) is 11.3 Å². The Kier molecular flexibility index (Phi) is 4.28. The Balaban J connectivity index is 1.70. The van der Waals surface area contributed by atoms with Gasteiger partial charge in [-0.05, 0) is 24.6 Å². The molecule has 3 aromatic rings. The van der Waals surface area contributed by atoms with Crippen LogP contribution in [0.1, 0.15) is 6.42 Å². The van der Waals surface area contributed by atoms with Crippen LogP contribution < -0.4 is 5.32 Å². The van der Waals surface area contributed by atoms with Crippen LogP contribution in [0.15, 0.2) is 42.7 Å². The number of rotatable bonds is 4. The summed E-state index contributed by atoms with van der Waals surface area (Å²) in [4.78, 5) is 4.25. The molecule has 1 aromatic carbocycles. The Labute approximate surface area is 145 Å². The third-order valence-electron chi connectivity index (χ3n) is 4.28. The van der Waals surface area contributed by atoms with E-state index in [-0.39, 0.29) is 0 Å². The quantitative estimate of drug-likeness (QED) is 0.783. The molecule has 0 bridgehead atoms. The fourth-order valence-electron chi connectivity index (χ4n) is 2.93. The summed E-state index contributed by atoms with van der Waals surface area (Å²) < 4.78 is 5.42. The maximum Gasteiger partial charge on any atom is 0.158 e. The lowest BCUT2D eigenvalue weighted by atomic mass is 10.1. The van der Waals surface area contributed by atoms with Gasteiger partial charge in [0, 0.05) is 52.8 Å². The predicted octanol–water partition coefficient (Wildman–Crippen LogP) is 3.79. The Morgan fingerprint density at radius 1 is 1.12 bits per heavy atom. The molecular formula is C18H17ClN4O. The van der Waals surface area contributed by atoms with Crippen LogP contribution in [0.3, 0.4) is 0 Å². The minimum atomic E-state index is 0.523. The number of hydrogen-bond acceptors (Lipinski definition) is 5. The second kappa shape index (κ2) is 6.71. The van der Waals surface area contributed by atoms with Crippen molar-refractivity contribution in [2.24, 2.45) is 5.92 Å². The summed E-state index contributed by atoms with van der Waals surface area (Å²) in [7, 11) is 0. The van der Waals surface area contributed by atoms with Gasteiger partial charge in [0.2, 0.25) is 0 Å². The van der Waals surface area contributed by atoms with Crippen LogP contribution in [0, 0.1) is 5.92 Å². The van der Waals surface area contributed by atoms with Gasteiger partial charge in [-0.25, -0.2) is 0 Å². The fourth-order valence-corrected chi connectivity index (χ4v) is 3.06. The molecule has 0 radical (unpaired) electrons. The molecule has 1 unspecified atom stereocenters. The molecule has 0 aliphatic carbocycles. The molecule has 0 amide bonds. The highest BCUT2D eigenvalue weighted by Gasteiger charge is 2.17. The first-order chi connectivity index (χ1) is 11.8. The van der Waals surface area contributed by atoms with Gasteiger partial charge in [0.05, 0.1) is 6.61 Å². The van der Waals surface area contributed by atoms with Gasteiger partial charge in [-0.1, -0.05) is 23.7 Å². The van der Waals surface area contributed by atoms with E-state index in [1.807, 2.05) is 36.5 Å². The van der Waals surface area contributed by atoms with Gasteiger partial charge in [-0.15, -0.1) is 10.2 Å². The van der Waals surface area contributed by atoms with Crippen LogP contribution in [0.4, 0.5) is 5.82 Å². The van der Waals surface area contributed by atoms with Crippen LogP contribution in [0.2, 0.25) is 5.02 Å². The van der Waals surface area contributed by atoms with E-state index in [1.165, 1.54) is 0 Å². The number of aromatic nitrogens is 3. The molecule has 1 N–H and O–H groups in total. The van der Waals surface area contributed by atoms with Gasteiger partial charge in [-0.3, -0.25) is 4.98 Å². The molecule has 1 saturated heterocycles. The average Bonchev–Trinajstić information content (AvgIpc) is 3.14. The number of fused-ring (bicyclic) bond motifs is 1. The number of ether oxygens (including phenoxy) is 1. The molecule has 122 valence electrons. The smallest absolute Gasteiger partial charge is 0.158 e. The largest absolute Gasteiger partial charge is 0.381 e. The fraction of sp³-hybridized carbons (Fsp3) is 0.278. The first kappa shape index (κ1) is 15.3. The summed E-state index contributed by atoms with van der Waals surface area (Å²) in [5.41, 5.74) is 1.82. The molecule has 6 heteroatoms. The number of anilines is 1. The van der Waals surface area contributed by atoms with E-state index in [9.17, 15) is 0 Å². The SMILES string of the molecule is Clc1ccc(-c2nnc(NCC3CCOC3)c3cnccc23)cc1.